The van der Waals surface area contributed by atoms with E-state index in [0.717, 1.165) is 17.8 Å². The molecule has 0 fully saturated rings. The van der Waals surface area contributed by atoms with Crippen LogP contribution < -0.4 is 0 Å². The summed E-state index contributed by atoms with van der Waals surface area (Å²) in [6, 6.07) is 9.96. The molecule has 2 rings (SSSR count). The predicted octanol–water partition coefficient (Wildman–Crippen LogP) is 1.49. The number of hydrazone groups is 1. The summed E-state index contributed by atoms with van der Waals surface area (Å²) in [7, 11) is 1.90. The summed E-state index contributed by atoms with van der Waals surface area (Å²) >= 11 is 0. The second-order valence-corrected chi connectivity index (χ2v) is 3.40. The molecule has 78 valence electrons. The van der Waals surface area contributed by atoms with Crippen molar-refractivity contribution in [1.82, 2.24) is 5.01 Å². The van der Waals surface area contributed by atoms with Crippen LogP contribution in [0.3, 0.4) is 0 Å². The number of hydrogen-bond acceptors (Lipinski definition) is 4. The largest absolute Gasteiger partial charge is 0.391 e. The summed E-state index contributed by atoms with van der Waals surface area (Å²) in [6.45, 7) is 1.22. The van der Waals surface area contributed by atoms with Gasteiger partial charge in [-0.15, -0.1) is 0 Å². The topological polar surface area (TPSA) is 37.2 Å². The Balaban J connectivity index is 1.83. The van der Waals surface area contributed by atoms with Crippen LogP contribution in [-0.4, -0.2) is 30.5 Å². The summed E-state index contributed by atoms with van der Waals surface area (Å²) in [5.74, 6) is 0. The fraction of sp³-hybridized carbons (Fsp3) is 0.273. The third-order valence-corrected chi connectivity index (χ3v) is 2.05. The maximum Gasteiger partial charge on any atom is 0.142 e. The van der Waals surface area contributed by atoms with Gasteiger partial charge in [-0.25, -0.2) is 0 Å². The Morgan fingerprint density at radius 3 is 2.87 bits per heavy atom. The van der Waals surface area contributed by atoms with E-state index in [2.05, 4.69) is 10.3 Å². The molecule has 0 spiro atoms. The zero-order valence-electron chi connectivity index (χ0n) is 8.63. The van der Waals surface area contributed by atoms with Gasteiger partial charge in [0, 0.05) is 7.05 Å². The van der Waals surface area contributed by atoms with Gasteiger partial charge >= 0.3 is 0 Å². The van der Waals surface area contributed by atoms with Gasteiger partial charge in [-0.1, -0.05) is 35.5 Å². The standard InChI is InChI=1S/C11H13N3O/c1-14-8-11(7-12-14)13-15-9-10-5-3-2-4-6-10/h2-7H,8-9H2,1H3. The van der Waals surface area contributed by atoms with Crippen LogP contribution >= 0.6 is 0 Å². The Kier molecular flexibility index (Phi) is 2.97. The quantitative estimate of drug-likeness (QED) is 0.698. The second kappa shape index (κ2) is 4.59. The molecule has 0 aromatic heterocycles. The van der Waals surface area contributed by atoms with Gasteiger partial charge in [-0.3, -0.25) is 5.01 Å². The van der Waals surface area contributed by atoms with Crippen molar-refractivity contribution in [3.63, 3.8) is 0 Å². The zero-order chi connectivity index (χ0) is 10.5. The summed E-state index contributed by atoms with van der Waals surface area (Å²) < 4.78 is 0. The summed E-state index contributed by atoms with van der Waals surface area (Å²) in [5.41, 5.74) is 1.97. The van der Waals surface area contributed by atoms with Crippen molar-refractivity contribution in [2.75, 3.05) is 13.6 Å². The Labute approximate surface area is 88.8 Å². The van der Waals surface area contributed by atoms with Crippen molar-refractivity contribution in [2.24, 2.45) is 10.3 Å². The van der Waals surface area contributed by atoms with Crippen LogP contribution in [0.4, 0.5) is 0 Å². The molecule has 1 heterocycles. The summed E-state index contributed by atoms with van der Waals surface area (Å²) in [4.78, 5) is 5.22. The lowest BCUT2D eigenvalue weighted by molar-refractivity contribution is 0.130. The van der Waals surface area contributed by atoms with Crippen molar-refractivity contribution in [3.05, 3.63) is 35.9 Å². The number of oxime groups is 1. The molecule has 0 atom stereocenters. The highest BCUT2D eigenvalue weighted by molar-refractivity contribution is 6.32. The van der Waals surface area contributed by atoms with E-state index >= 15 is 0 Å². The summed E-state index contributed by atoms with van der Waals surface area (Å²) in [6.07, 6.45) is 1.71. The van der Waals surface area contributed by atoms with E-state index in [0.29, 0.717) is 6.61 Å². The molecule has 1 aromatic rings. The predicted molar refractivity (Wildman–Crippen MR) is 59.8 cm³/mol. The van der Waals surface area contributed by atoms with E-state index in [9.17, 15) is 0 Å². The van der Waals surface area contributed by atoms with E-state index in [1.165, 1.54) is 0 Å². The lowest BCUT2D eigenvalue weighted by Crippen LogP contribution is -2.13. The second-order valence-electron chi connectivity index (χ2n) is 3.40. The first kappa shape index (κ1) is 9.71. The Hall–Kier alpha value is -1.84. The van der Waals surface area contributed by atoms with Gasteiger partial charge in [0.05, 0.1) is 12.8 Å². The lowest BCUT2D eigenvalue weighted by atomic mass is 10.2. The van der Waals surface area contributed by atoms with Gasteiger partial charge in [0.15, 0.2) is 0 Å². The smallest absolute Gasteiger partial charge is 0.142 e. The third-order valence-electron chi connectivity index (χ3n) is 2.05. The van der Waals surface area contributed by atoms with Gasteiger partial charge in [-0.05, 0) is 5.56 Å². The molecular weight excluding hydrogens is 190 g/mol. The van der Waals surface area contributed by atoms with Gasteiger partial charge in [-0.2, -0.15) is 5.10 Å². The average Bonchev–Trinajstić information content (AvgIpc) is 2.66. The van der Waals surface area contributed by atoms with Crippen molar-refractivity contribution in [3.8, 4) is 0 Å². The molecule has 0 N–H and O–H groups in total. The average molecular weight is 203 g/mol. The Morgan fingerprint density at radius 1 is 1.40 bits per heavy atom. The highest BCUT2D eigenvalue weighted by Gasteiger charge is 2.07. The molecule has 0 unspecified atom stereocenters. The molecular formula is C11H13N3O. The first-order valence-corrected chi connectivity index (χ1v) is 4.82. The van der Waals surface area contributed by atoms with Crippen molar-refractivity contribution >= 4 is 11.9 Å². The number of hydrogen-bond donors (Lipinski definition) is 0. The maximum atomic E-state index is 5.22. The van der Waals surface area contributed by atoms with E-state index < -0.39 is 0 Å². The molecule has 1 aliphatic heterocycles. The van der Waals surface area contributed by atoms with Crippen molar-refractivity contribution in [1.29, 1.82) is 0 Å². The van der Waals surface area contributed by atoms with Gasteiger partial charge in [0.25, 0.3) is 0 Å². The number of nitrogens with zero attached hydrogens (tertiary/aromatic N) is 3. The van der Waals surface area contributed by atoms with Gasteiger partial charge in [0.1, 0.15) is 12.3 Å². The lowest BCUT2D eigenvalue weighted by Gasteiger charge is -2.03. The molecule has 1 aliphatic rings. The van der Waals surface area contributed by atoms with Crippen LogP contribution in [0, 0.1) is 0 Å². The van der Waals surface area contributed by atoms with Crippen LogP contribution in [0.15, 0.2) is 40.6 Å². The SMILES string of the molecule is CN1CC(=NOCc2ccccc2)C=N1. The zero-order valence-corrected chi connectivity index (χ0v) is 8.63. The van der Waals surface area contributed by atoms with Crippen molar-refractivity contribution in [2.45, 2.75) is 6.61 Å². The highest BCUT2D eigenvalue weighted by atomic mass is 16.6. The first-order valence-electron chi connectivity index (χ1n) is 4.82. The van der Waals surface area contributed by atoms with E-state index in [4.69, 9.17) is 4.84 Å². The van der Waals surface area contributed by atoms with E-state index in [1.807, 2.05) is 42.4 Å². The third kappa shape index (κ3) is 2.80. The molecule has 0 saturated carbocycles. The minimum atomic E-state index is 0.502. The maximum absolute atomic E-state index is 5.22. The van der Waals surface area contributed by atoms with Crippen LogP contribution in [0.2, 0.25) is 0 Å². The van der Waals surface area contributed by atoms with E-state index in [1.54, 1.807) is 6.21 Å². The summed E-state index contributed by atoms with van der Waals surface area (Å²) in [5, 5.41) is 9.85. The fourth-order valence-electron chi connectivity index (χ4n) is 1.30. The molecule has 4 nitrogen and oxygen atoms in total. The molecule has 0 radical (unpaired) electrons. The molecule has 15 heavy (non-hydrogen) atoms. The Morgan fingerprint density at radius 2 is 2.20 bits per heavy atom. The number of benzene rings is 1. The minimum Gasteiger partial charge on any atom is -0.391 e. The van der Waals surface area contributed by atoms with Crippen LogP contribution in [-0.2, 0) is 11.4 Å². The Bertz CT molecular complexity index is 373. The minimum absolute atomic E-state index is 0.502. The van der Waals surface area contributed by atoms with Gasteiger partial charge in [0.2, 0.25) is 0 Å². The molecule has 0 amide bonds. The first-order chi connectivity index (χ1) is 7.34. The molecule has 1 aromatic carbocycles. The normalized spacial score (nSPS) is 17.4. The van der Waals surface area contributed by atoms with Crippen LogP contribution in [0.25, 0.3) is 0 Å². The molecule has 4 heteroatoms. The van der Waals surface area contributed by atoms with Crippen LogP contribution in [0.5, 0.6) is 0 Å². The molecule has 0 bridgehead atoms. The van der Waals surface area contributed by atoms with Crippen molar-refractivity contribution < 1.29 is 4.84 Å². The van der Waals surface area contributed by atoms with Gasteiger partial charge < -0.3 is 4.84 Å². The monoisotopic (exact) mass is 203 g/mol. The number of rotatable bonds is 3. The molecule has 0 saturated heterocycles. The van der Waals surface area contributed by atoms with Crippen LogP contribution in [0.1, 0.15) is 5.56 Å². The highest BCUT2D eigenvalue weighted by Crippen LogP contribution is 2.01. The van der Waals surface area contributed by atoms with E-state index in [-0.39, 0.29) is 0 Å². The molecule has 0 aliphatic carbocycles. The fourth-order valence-corrected chi connectivity index (χ4v) is 1.30.